The molecule has 3 rings (SSSR count). The Morgan fingerprint density at radius 3 is 2.43 bits per heavy atom. The highest BCUT2D eigenvalue weighted by atomic mass is 79.9. The minimum atomic E-state index is -0.534. The molecule has 5 heteroatoms. The Morgan fingerprint density at radius 1 is 1.00 bits per heavy atom. The SMILES string of the molecule is CCNC(=O)[C@@H](C)N(Cc1ccc(Br)cc1)C(=O)CCc1cccc2ccccc12. The van der Waals surface area contributed by atoms with E-state index in [1.807, 2.05) is 49.4 Å². The lowest BCUT2D eigenvalue weighted by molar-refractivity contribution is -0.140. The van der Waals surface area contributed by atoms with Crippen molar-refractivity contribution in [2.75, 3.05) is 6.54 Å². The third kappa shape index (κ3) is 5.48. The van der Waals surface area contributed by atoms with E-state index in [9.17, 15) is 9.59 Å². The van der Waals surface area contributed by atoms with Gasteiger partial charge >= 0.3 is 0 Å². The summed E-state index contributed by atoms with van der Waals surface area (Å²) in [5.74, 6) is -0.155. The molecule has 0 bridgehead atoms. The maximum absolute atomic E-state index is 13.2. The van der Waals surface area contributed by atoms with Crippen molar-refractivity contribution in [3.05, 3.63) is 82.3 Å². The van der Waals surface area contributed by atoms with Gasteiger partial charge in [0.1, 0.15) is 6.04 Å². The molecule has 0 aromatic heterocycles. The first kappa shape index (κ1) is 22.0. The van der Waals surface area contributed by atoms with Gasteiger partial charge in [-0.15, -0.1) is 0 Å². The van der Waals surface area contributed by atoms with Crippen LogP contribution in [0.15, 0.2) is 71.2 Å². The van der Waals surface area contributed by atoms with Gasteiger partial charge in [0, 0.05) is 24.0 Å². The molecule has 1 N–H and O–H groups in total. The minimum Gasteiger partial charge on any atom is -0.355 e. The highest BCUT2D eigenvalue weighted by molar-refractivity contribution is 9.10. The molecule has 0 aliphatic heterocycles. The number of halogens is 1. The maximum atomic E-state index is 13.2. The fourth-order valence-electron chi connectivity index (χ4n) is 3.59. The van der Waals surface area contributed by atoms with Crippen molar-refractivity contribution in [2.45, 2.75) is 39.3 Å². The van der Waals surface area contributed by atoms with Crippen molar-refractivity contribution in [2.24, 2.45) is 0 Å². The molecule has 1 atom stereocenters. The fourth-order valence-corrected chi connectivity index (χ4v) is 3.85. The van der Waals surface area contributed by atoms with E-state index in [0.717, 1.165) is 15.6 Å². The summed E-state index contributed by atoms with van der Waals surface area (Å²) in [6, 6.07) is 21.7. The number of hydrogen-bond acceptors (Lipinski definition) is 2. The third-order valence-electron chi connectivity index (χ3n) is 5.27. The molecule has 3 aromatic carbocycles. The number of hydrogen-bond donors (Lipinski definition) is 1. The summed E-state index contributed by atoms with van der Waals surface area (Å²) in [6.07, 6.45) is 0.993. The van der Waals surface area contributed by atoms with Gasteiger partial charge in [-0.05, 0) is 54.3 Å². The van der Waals surface area contributed by atoms with Crippen LogP contribution in [0.3, 0.4) is 0 Å². The molecule has 30 heavy (non-hydrogen) atoms. The molecule has 3 aromatic rings. The smallest absolute Gasteiger partial charge is 0.242 e. The van der Waals surface area contributed by atoms with Crippen molar-refractivity contribution >= 4 is 38.5 Å². The number of nitrogens with one attached hydrogen (secondary N) is 1. The van der Waals surface area contributed by atoms with Gasteiger partial charge in [0.25, 0.3) is 0 Å². The van der Waals surface area contributed by atoms with E-state index in [-0.39, 0.29) is 11.8 Å². The summed E-state index contributed by atoms with van der Waals surface area (Å²) in [5, 5.41) is 5.17. The van der Waals surface area contributed by atoms with Crippen LogP contribution in [0, 0.1) is 0 Å². The molecule has 2 amide bonds. The standard InChI is InChI=1S/C25H27BrN2O2/c1-3-27-25(30)18(2)28(17-19-11-14-22(26)15-12-19)24(29)16-13-21-9-6-8-20-7-4-5-10-23(20)21/h4-12,14-15,18H,3,13,16-17H2,1-2H3,(H,27,30)/t18-/m1/s1. The van der Waals surface area contributed by atoms with E-state index in [2.05, 4.69) is 45.5 Å². The zero-order chi connectivity index (χ0) is 21.5. The number of benzene rings is 3. The summed E-state index contributed by atoms with van der Waals surface area (Å²) >= 11 is 3.44. The average Bonchev–Trinajstić information content (AvgIpc) is 2.76. The second-order valence-electron chi connectivity index (χ2n) is 7.36. The van der Waals surface area contributed by atoms with Crippen LogP contribution in [0.4, 0.5) is 0 Å². The van der Waals surface area contributed by atoms with E-state index >= 15 is 0 Å². The molecule has 0 aliphatic rings. The quantitative estimate of drug-likeness (QED) is 0.502. The van der Waals surface area contributed by atoms with Gasteiger partial charge in [-0.3, -0.25) is 9.59 Å². The third-order valence-corrected chi connectivity index (χ3v) is 5.80. The summed E-state index contributed by atoms with van der Waals surface area (Å²) in [4.78, 5) is 27.4. The molecule has 0 fully saturated rings. The van der Waals surface area contributed by atoms with Crippen LogP contribution in [0.2, 0.25) is 0 Å². The number of fused-ring (bicyclic) bond motifs is 1. The van der Waals surface area contributed by atoms with Crippen molar-refractivity contribution in [1.82, 2.24) is 10.2 Å². The van der Waals surface area contributed by atoms with Crippen LogP contribution in [0.5, 0.6) is 0 Å². The predicted molar refractivity (Wildman–Crippen MR) is 125 cm³/mol. The molecule has 156 valence electrons. The molecule has 0 unspecified atom stereocenters. The number of rotatable bonds is 8. The van der Waals surface area contributed by atoms with Gasteiger partial charge in [-0.1, -0.05) is 70.5 Å². The lowest BCUT2D eigenvalue weighted by atomic mass is 10.0. The number of aryl methyl sites for hydroxylation is 1. The first-order valence-corrected chi connectivity index (χ1v) is 11.1. The summed E-state index contributed by atoms with van der Waals surface area (Å²) in [7, 11) is 0. The number of nitrogens with zero attached hydrogens (tertiary/aromatic N) is 1. The Hall–Kier alpha value is -2.66. The van der Waals surface area contributed by atoms with Crippen LogP contribution in [-0.2, 0) is 22.6 Å². The molecular weight excluding hydrogens is 440 g/mol. The van der Waals surface area contributed by atoms with Gasteiger partial charge in [-0.25, -0.2) is 0 Å². The lowest BCUT2D eigenvalue weighted by Crippen LogP contribution is -2.47. The van der Waals surface area contributed by atoms with E-state index < -0.39 is 6.04 Å². The summed E-state index contributed by atoms with van der Waals surface area (Å²) < 4.78 is 0.983. The lowest BCUT2D eigenvalue weighted by Gasteiger charge is -2.29. The fraction of sp³-hybridized carbons (Fsp3) is 0.280. The molecule has 0 radical (unpaired) electrons. The Labute approximate surface area is 186 Å². The van der Waals surface area contributed by atoms with Crippen LogP contribution in [0.1, 0.15) is 31.4 Å². The number of carbonyl (C=O) groups is 2. The maximum Gasteiger partial charge on any atom is 0.242 e. The molecule has 0 heterocycles. The van der Waals surface area contributed by atoms with Crippen molar-refractivity contribution in [3.63, 3.8) is 0 Å². The largest absolute Gasteiger partial charge is 0.355 e. The Balaban J connectivity index is 1.78. The first-order valence-electron chi connectivity index (χ1n) is 10.3. The molecule has 4 nitrogen and oxygen atoms in total. The van der Waals surface area contributed by atoms with Gasteiger partial charge in [0.05, 0.1) is 0 Å². The van der Waals surface area contributed by atoms with Crippen LogP contribution in [-0.4, -0.2) is 29.3 Å². The molecule has 0 spiro atoms. The van der Waals surface area contributed by atoms with E-state index in [1.165, 1.54) is 10.8 Å². The van der Waals surface area contributed by atoms with Crippen molar-refractivity contribution < 1.29 is 9.59 Å². The average molecular weight is 467 g/mol. The Bertz CT molecular complexity index is 1010. The van der Waals surface area contributed by atoms with Crippen LogP contribution >= 0.6 is 15.9 Å². The second-order valence-corrected chi connectivity index (χ2v) is 8.27. The summed E-state index contributed by atoms with van der Waals surface area (Å²) in [6.45, 7) is 4.62. The molecule has 0 saturated carbocycles. The van der Waals surface area contributed by atoms with E-state index in [0.29, 0.717) is 25.9 Å². The summed E-state index contributed by atoms with van der Waals surface area (Å²) in [5.41, 5.74) is 2.14. The van der Waals surface area contributed by atoms with Gasteiger partial charge in [0.2, 0.25) is 11.8 Å². The van der Waals surface area contributed by atoms with Crippen LogP contribution in [0.25, 0.3) is 10.8 Å². The van der Waals surface area contributed by atoms with Crippen molar-refractivity contribution in [1.29, 1.82) is 0 Å². The molecule has 0 aliphatic carbocycles. The molecular formula is C25H27BrN2O2. The highest BCUT2D eigenvalue weighted by Gasteiger charge is 2.25. The van der Waals surface area contributed by atoms with E-state index in [4.69, 9.17) is 0 Å². The normalized spacial score (nSPS) is 11.8. The van der Waals surface area contributed by atoms with Gasteiger partial charge in [-0.2, -0.15) is 0 Å². The van der Waals surface area contributed by atoms with E-state index in [1.54, 1.807) is 11.8 Å². The Morgan fingerprint density at radius 2 is 1.70 bits per heavy atom. The van der Waals surface area contributed by atoms with Crippen molar-refractivity contribution in [3.8, 4) is 0 Å². The number of amides is 2. The predicted octanol–water partition coefficient (Wildman–Crippen LogP) is 5.09. The van der Waals surface area contributed by atoms with Gasteiger partial charge in [0.15, 0.2) is 0 Å². The topological polar surface area (TPSA) is 49.4 Å². The van der Waals surface area contributed by atoms with Gasteiger partial charge < -0.3 is 10.2 Å². The monoisotopic (exact) mass is 466 g/mol. The zero-order valence-electron chi connectivity index (χ0n) is 17.4. The molecule has 0 saturated heterocycles. The highest BCUT2D eigenvalue weighted by Crippen LogP contribution is 2.21. The van der Waals surface area contributed by atoms with Crippen LogP contribution < -0.4 is 5.32 Å². The second kappa shape index (κ2) is 10.4. The number of likely N-dealkylation sites (N-methyl/N-ethyl adjacent to an activating group) is 1. The first-order chi connectivity index (χ1) is 14.5. The zero-order valence-corrected chi connectivity index (χ0v) is 19.0. The number of carbonyl (C=O) groups excluding carboxylic acids is 2. The minimum absolute atomic E-state index is 0.0235. The Kier molecular flexibility index (Phi) is 7.63.